The van der Waals surface area contributed by atoms with Gasteiger partial charge in [0.25, 0.3) is 0 Å². The van der Waals surface area contributed by atoms with E-state index >= 15 is 0 Å². The number of hydrogen-bond acceptors (Lipinski definition) is 2. The Hall–Kier alpha value is -1.40. The fraction of sp³-hybridized carbons (Fsp3) is 0.600. The molecule has 0 atom stereocenters. The topological polar surface area (TPSA) is 70.4 Å². The first-order chi connectivity index (χ1) is 11.0. The van der Waals surface area contributed by atoms with E-state index in [1.807, 2.05) is 17.7 Å². The van der Waals surface area contributed by atoms with Crippen LogP contribution in [0.2, 0.25) is 10.2 Å². The highest BCUT2D eigenvalue weighted by molar-refractivity contribution is 6.41. The molecular formula is C15H23Cl2N5O. The summed E-state index contributed by atoms with van der Waals surface area (Å²) in [6.07, 6.45) is 3.53. The van der Waals surface area contributed by atoms with Crippen LogP contribution in [0.15, 0.2) is 11.1 Å². The van der Waals surface area contributed by atoms with Crippen molar-refractivity contribution in [1.29, 1.82) is 0 Å². The highest BCUT2D eigenvalue weighted by atomic mass is 35.5. The Morgan fingerprint density at radius 3 is 2.70 bits per heavy atom. The number of guanidine groups is 1. The van der Waals surface area contributed by atoms with Crippen LogP contribution in [0.25, 0.3) is 0 Å². The highest BCUT2D eigenvalue weighted by Gasteiger charge is 2.22. The molecule has 0 unspecified atom stereocenters. The number of nitrogens with one attached hydrogen (secondary N) is 3. The van der Waals surface area contributed by atoms with Gasteiger partial charge >= 0.3 is 0 Å². The van der Waals surface area contributed by atoms with Crippen molar-refractivity contribution >= 4 is 35.1 Å². The van der Waals surface area contributed by atoms with Gasteiger partial charge < -0.3 is 20.5 Å². The second kappa shape index (κ2) is 8.45. The van der Waals surface area contributed by atoms with Crippen molar-refractivity contribution in [2.75, 3.05) is 13.6 Å². The molecule has 8 heteroatoms. The standard InChI is InChI=1S/C15H23Cl2N5O/c1-18-15(19-7-3-4-13(23)21-10-5-6-10)20-9-11-8-12(16)14(17)22(11)2/h8,10H,3-7,9H2,1-2H3,(H,21,23)(H2,18,19,20). The van der Waals surface area contributed by atoms with E-state index in [2.05, 4.69) is 20.9 Å². The van der Waals surface area contributed by atoms with Gasteiger partial charge in [0.15, 0.2) is 5.96 Å². The fourth-order valence-electron chi connectivity index (χ4n) is 2.14. The van der Waals surface area contributed by atoms with Gasteiger partial charge in [-0.3, -0.25) is 9.79 Å². The SMILES string of the molecule is CN=C(NCCCC(=O)NC1CC1)NCc1cc(Cl)c(Cl)n1C. The fourth-order valence-corrected chi connectivity index (χ4v) is 2.55. The van der Waals surface area contributed by atoms with Crippen LogP contribution in [-0.2, 0) is 18.4 Å². The molecule has 1 aliphatic rings. The van der Waals surface area contributed by atoms with Gasteiger partial charge in [-0.2, -0.15) is 0 Å². The maximum atomic E-state index is 11.6. The predicted molar refractivity (Wildman–Crippen MR) is 94.0 cm³/mol. The summed E-state index contributed by atoms with van der Waals surface area (Å²) < 4.78 is 1.83. The van der Waals surface area contributed by atoms with Crippen molar-refractivity contribution < 1.29 is 4.79 Å². The Morgan fingerprint density at radius 1 is 1.39 bits per heavy atom. The Balaban J connectivity index is 1.66. The average molecular weight is 360 g/mol. The molecule has 1 saturated carbocycles. The first kappa shape index (κ1) is 17.9. The third-order valence-corrected chi connectivity index (χ3v) is 4.53. The van der Waals surface area contributed by atoms with E-state index < -0.39 is 0 Å². The zero-order valence-electron chi connectivity index (χ0n) is 13.5. The molecular weight excluding hydrogens is 337 g/mol. The quantitative estimate of drug-likeness (QED) is 0.396. The number of carbonyl (C=O) groups excluding carboxylic acids is 1. The van der Waals surface area contributed by atoms with Gasteiger partial charge in [-0.15, -0.1) is 0 Å². The van der Waals surface area contributed by atoms with Gasteiger partial charge in [-0.05, 0) is 25.3 Å². The molecule has 23 heavy (non-hydrogen) atoms. The van der Waals surface area contributed by atoms with Gasteiger partial charge in [0, 0.05) is 38.8 Å². The first-order valence-corrected chi connectivity index (χ1v) is 8.50. The van der Waals surface area contributed by atoms with Crippen molar-refractivity contribution in [1.82, 2.24) is 20.5 Å². The van der Waals surface area contributed by atoms with E-state index in [9.17, 15) is 4.79 Å². The highest BCUT2D eigenvalue weighted by Crippen LogP contribution is 2.24. The number of hydrogen-bond donors (Lipinski definition) is 3. The number of rotatable bonds is 7. The largest absolute Gasteiger partial charge is 0.356 e. The minimum atomic E-state index is 0.130. The molecule has 0 saturated heterocycles. The van der Waals surface area contributed by atoms with Crippen molar-refractivity contribution in [3.63, 3.8) is 0 Å². The molecule has 0 spiro atoms. The second-order valence-corrected chi connectivity index (χ2v) is 6.40. The zero-order chi connectivity index (χ0) is 16.8. The monoisotopic (exact) mass is 359 g/mol. The second-order valence-electron chi connectivity index (χ2n) is 5.63. The van der Waals surface area contributed by atoms with Crippen LogP contribution in [0.3, 0.4) is 0 Å². The van der Waals surface area contributed by atoms with Crippen LogP contribution in [0.5, 0.6) is 0 Å². The molecule has 1 amide bonds. The van der Waals surface area contributed by atoms with Crippen LogP contribution < -0.4 is 16.0 Å². The van der Waals surface area contributed by atoms with E-state index in [-0.39, 0.29) is 5.91 Å². The Morgan fingerprint density at radius 2 is 2.13 bits per heavy atom. The number of amides is 1. The number of nitrogens with zero attached hydrogens (tertiary/aromatic N) is 2. The molecule has 0 aromatic carbocycles. The third-order valence-electron chi connectivity index (χ3n) is 3.69. The summed E-state index contributed by atoms with van der Waals surface area (Å²) >= 11 is 12.0. The molecule has 128 valence electrons. The summed E-state index contributed by atoms with van der Waals surface area (Å²) in [6, 6.07) is 2.25. The number of halogens is 2. The number of carbonyl (C=O) groups is 1. The van der Waals surface area contributed by atoms with E-state index in [1.54, 1.807) is 7.05 Å². The predicted octanol–water partition coefficient (Wildman–Crippen LogP) is 2.06. The third kappa shape index (κ3) is 5.62. The zero-order valence-corrected chi connectivity index (χ0v) is 15.0. The smallest absolute Gasteiger partial charge is 0.220 e. The van der Waals surface area contributed by atoms with Gasteiger partial charge in [0.2, 0.25) is 5.91 Å². The maximum Gasteiger partial charge on any atom is 0.220 e. The lowest BCUT2D eigenvalue weighted by molar-refractivity contribution is -0.121. The molecule has 6 nitrogen and oxygen atoms in total. The van der Waals surface area contributed by atoms with E-state index in [0.717, 1.165) is 25.0 Å². The molecule has 0 bridgehead atoms. The molecule has 1 aromatic heterocycles. The average Bonchev–Trinajstić information content (AvgIpc) is 3.30. The van der Waals surface area contributed by atoms with Gasteiger partial charge in [0.1, 0.15) is 5.15 Å². The van der Waals surface area contributed by atoms with Crippen molar-refractivity contribution in [3.8, 4) is 0 Å². The molecule has 1 fully saturated rings. The molecule has 1 aliphatic carbocycles. The molecule has 1 heterocycles. The van der Waals surface area contributed by atoms with Crippen LogP contribution >= 0.6 is 23.2 Å². The van der Waals surface area contributed by atoms with Crippen LogP contribution in [-0.4, -0.2) is 36.1 Å². The summed E-state index contributed by atoms with van der Waals surface area (Å²) in [5.41, 5.74) is 0.965. The normalized spacial score (nSPS) is 14.7. The lowest BCUT2D eigenvalue weighted by Crippen LogP contribution is -2.38. The molecule has 1 aromatic rings. The summed E-state index contributed by atoms with van der Waals surface area (Å²) in [7, 11) is 3.57. The summed E-state index contributed by atoms with van der Waals surface area (Å²) in [5, 5.41) is 10.4. The van der Waals surface area contributed by atoms with Gasteiger partial charge in [-0.1, -0.05) is 23.2 Å². The van der Waals surface area contributed by atoms with Crippen molar-refractivity contribution in [2.24, 2.45) is 12.0 Å². The van der Waals surface area contributed by atoms with Crippen LogP contribution in [0, 0.1) is 0 Å². The number of aromatic nitrogens is 1. The summed E-state index contributed by atoms with van der Waals surface area (Å²) in [4.78, 5) is 15.7. The molecule has 2 rings (SSSR count). The van der Waals surface area contributed by atoms with Crippen molar-refractivity contribution in [3.05, 3.63) is 21.9 Å². The van der Waals surface area contributed by atoms with Crippen LogP contribution in [0.4, 0.5) is 0 Å². The molecule has 3 N–H and O–H groups in total. The minimum Gasteiger partial charge on any atom is -0.356 e. The Bertz CT molecular complexity index is 581. The maximum absolute atomic E-state index is 11.6. The molecule has 0 radical (unpaired) electrons. The van der Waals surface area contributed by atoms with E-state index in [0.29, 0.717) is 41.7 Å². The van der Waals surface area contributed by atoms with Gasteiger partial charge in [0.05, 0.1) is 11.6 Å². The Kier molecular flexibility index (Phi) is 6.59. The van der Waals surface area contributed by atoms with Crippen LogP contribution in [0.1, 0.15) is 31.4 Å². The van der Waals surface area contributed by atoms with E-state index in [1.165, 1.54) is 0 Å². The lowest BCUT2D eigenvalue weighted by atomic mass is 10.3. The van der Waals surface area contributed by atoms with Crippen molar-refractivity contribution in [2.45, 2.75) is 38.3 Å². The summed E-state index contributed by atoms with van der Waals surface area (Å²) in [5.74, 6) is 0.811. The Labute approximate surface area is 146 Å². The van der Waals surface area contributed by atoms with Gasteiger partial charge in [-0.25, -0.2) is 0 Å². The first-order valence-electron chi connectivity index (χ1n) is 7.74. The lowest BCUT2D eigenvalue weighted by Gasteiger charge is -2.12. The minimum absolute atomic E-state index is 0.130. The molecule has 0 aliphatic heterocycles. The van der Waals surface area contributed by atoms with E-state index in [4.69, 9.17) is 23.2 Å². The summed E-state index contributed by atoms with van der Waals surface area (Å²) in [6.45, 7) is 1.25. The number of aliphatic imine (C=N–C) groups is 1.